The fraction of sp³-hybridized carbons (Fsp3) is 1.00. The molecule has 0 saturated heterocycles. The summed E-state index contributed by atoms with van der Waals surface area (Å²) in [4.78, 5) is 0. The standard InChI is InChI=1S/C4H6Cl2O.C3H2F6O/c5-4(6)1-3(4)2-7;4-2(5,6)1(10)3(7,8)9/h3,7H,1-2H2;1,10H. The average Bonchev–Trinajstić information content (AvgIpc) is 2.71. The fourth-order valence-electron chi connectivity index (χ4n) is 0.653. The van der Waals surface area contributed by atoms with E-state index in [1.54, 1.807) is 0 Å². The summed E-state index contributed by atoms with van der Waals surface area (Å²) in [5.74, 6) is 0.135. The van der Waals surface area contributed by atoms with Crippen molar-refractivity contribution < 1.29 is 36.6 Å². The summed E-state index contributed by atoms with van der Waals surface area (Å²) in [6, 6.07) is 0. The Bertz CT molecular complexity index is 238. The van der Waals surface area contributed by atoms with Crippen molar-refractivity contribution in [1.82, 2.24) is 0 Å². The fourth-order valence-corrected chi connectivity index (χ4v) is 1.16. The Morgan fingerprint density at radius 2 is 1.41 bits per heavy atom. The van der Waals surface area contributed by atoms with Crippen LogP contribution < -0.4 is 0 Å². The topological polar surface area (TPSA) is 40.5 Å². The Morgan fingerprint density at radius 1 is 1.12 bits per heavy atom. The monoisotopic (exact) mass is 308 g/mol. The number of halogens is 8. The van der Waals surface area contributed by atoms with Crippen LogP contribution in [0.3, 0.4) is 0 Å². The van der Waals surface area contributed by atoms with Crippen LogP contribution in [-0.4, -0.2) is 39.6 Å². The van der Waals surface area contributed by atoms with Gasteiger partial charge < -0.3 is 10.2 Å². The average molecular weight is 309 g/mol. The molecule has 104 valence electrons. The molecule has 2 N–H and O–H groups in total. The van der Waals surface area contributed by atoms with Crippen molar-refractivity contribution in [2.45, 2.75) is 29.2 Å². The number of hydrogen-bond donors (Lipinski definition) is 2. The summed E-state index contributed by atoms with van der Waals surface area (Å²) in [5, 5.41) is 15.8. The molecule has 1 aliphatic rings. The van der Waals surface area contributed by atoms with E-state index in [2.05, 4.69) is 0 Å². The molecule has 0 radical (unpaired) electrons. The molecule has 0 bridgehead atoms. The highest BCUT2D eigenvalue weighted by molar-refractivity contribution is 6.50. The Labute approximate surface area is 102 Å². The van der Waals surface area contributed by atoms with Crippen molar-refractivity contribution in [3.63, 3.8) is 0 Å². The lowest BCUT2D eigenvalue weighted by Crippen LogP contribution is -2.41. The zero-order chi connectivity index (χ0) is 14.1. The van der Waals surface area contributed by atoms with E-state index >= 15 is 0 Å². The molecular weight excluding hydrogens is 301 g/mol. The molecule has 2 nitrogen and oxygen atoms in total. The van der Waals surface area contributed by atoms with E-state index in [1.165, 1.54) is 0 Å². The van der Waals surface area contributed by atoms with Crippen LogP contribution in [0.25, 0.3) is 0 Å². The first-order valence-corrected chi connectivity index (χ1v) is 4.88. The van der Waals surface area contributed by atoms with Crippen LogP contribution in [0.1, 0.15) is 6.42 Å². The highest BCUT2D eigenvalue weighted by Gasteiger charge is 2.55. The van der Waals surface area contributed by atoms with Gasteiger partial charge in [-0.15, -0.1) is 23.2 Å². The quantitative estimate of drug-likeness (QED) is 0.577. The van der Waals surface area contributed by atoms with Gasteiger partial charge in [0.05, 0.1) is 0 Å². The van der Waals surface area contributed by atoms with Gasteiger partial charge in [0.1, 0.15) is 4.33 Å². The summed E-state index contributed by atoms with van der Waals surface area (Å²) < 4.78 is 65.3. The summed E-state index contributed by atoms with van der Waals surface area (Å²) in [7, 11) is 0. The van der Waals surface area contributed by atoms with Gasteiger partial charge in [-0.1, -0.05) is 0 Å². The van der Waals surface area contributed by atoms with E-state index in [0.717, 1.165) is 6.42 Å². The number of hydrogen-bond acceptors (Lipinski definition) is 2. The molecule has 0 aromatic heterocycles. The second kappa shape index (κ2) is 5.38. The minimum atomic E-state index is -5.63. The van der Waals surface area contributed by atoms with Crippen molar-refractivity contribution in [2.75, 3.05) is 6.61 Å². The van der Waals surface area contributed by atoms with Gasteiger partial charge in [0, 0.05) is 12.5 Å². The van der Waals surface area contributed by atoms with E-state index in [4.69, 9.17) is 33.4 Å². The Morgan fingerprint density at radius 3 is 1.41 bits per heavy atom. The lowest BCUT2D eigenvalue weighted by Gasteiger charge is -2.16. The Hall–Kier alpha value is 0.0800. The predicted molar refractivity (Wildman–Crippen MR) is 47.7 cm³/mol. The van der Waals surface area contributed by atoms with Gasteiger partial charge in [-0.3, -0.25) is 0 Å². The Balaban J connectivity index is 0.000000318. The molecule has 0 heterocycles. The van der Waals surface area contributed by atoms with Gasteiger partial charge in [0.2, 0.25) is 6.10 Å². The predicted octanol–water partition coefficient (Wildman–Crippen LogP) is 2.64. The lowest BCUT2D eigenvalue weighted by atomic mass is 10.3. The summed E-state index contributed by atoms with van der Waals surface area (Å²) in [5.41, 5.74) is 0. The molecule has 0 aromatic rings. The molecule has 1 unspecified atom stereocenters. The van der Waals surface area contributed by atoms with E-state index < -0.39 is 22.8 Å². The molecule has 0 spiro atoms. The van der Waals surface area contributed by atoms with Crippen LogP contribution in [-0.2, 0) is 0 Å². The summed E-state index contributed by atoms with van der Waals surface area (Å²) in [6.07, 6.45) is -14.7. The second-order valence-electron chi connectivity index (χ2n) is 3.33. The molecule has 10 heteroatoms. The third kappa shape index (κ3) is 5.98. The maximum absolute atomic E-state index is 11.0. The Kier molecular flexibility index (Phi) is 5.40. The van der Waals surface area contributed by atoms with Gasteiger partial charge in [0.15, 0.2) is 0 Å². The van der Waals surface area contributed by atoms with Crippen molar-refractivity contribution >= 4 is 23.2 Å². The maximum Gasteiger partial charge on any atom is 0.423 e. The smallest absolute Gasteiger partial charge is 0.396 e. The molecule has 17 heavy (non-hydrogen) atoms. The molecule has 0 amide bonds. The van der Waals surface area contributed by atoms with Crippen LogP contribution in [0.4, 0.5) is 26.3 Å². The van der Waals surface area contributed by atoms with Gasteiger partial charge >= 0.3 is 12.4 Å². The molecule has 1 fully saturated rings. The molecule has 0 aliphatic heterocycles. The van der Waals surface area contributed by atoms with Crippen molar-refractivity contribution in [2.24, 2.45) is 5.92 Å². The van der Waals surface area contributed by atoms with Crippen molar-refractivity contribution in [3.05, 3.63) is 0 Å². The molecule has 1 saturated carbocycles. The normalized spacial score (nSPS) is 23.1. The van der Waals surface area contributed by atoms with Crippen molar-refractivity contribution in [1.29, 1.82) is 0 Å². The van der Waals surface area contributed by atoms with Crippen LogP contribution >= 0.6 is 23.2 Å². The first-order valence-electron chi connectivity index (χ1n) is 4.12. The van der Waals surface area contributed by atoms with Gasteiger partial charge in [0.25, 0.3) is 0 Å². The van der Waals surface area contributed by atoms with E-state index in [0.29, 0.717) is 0 Å². The van der Waals surface area contributed by atoms with Gasteiger partial charge in [-0.2, -0.15) is 26.3 Å². The third-order valence-electron chi connectivity index (χ3n) is 1.80. The van der Waals surface area contributed by atoms with Gasteiger partial charge in [-0.25, -0.2) is 0 Å². The molecule has 0 aromatic carbocycles. The van der Waals surface area contributed by atoms with E-state index in [9.17, 15) is 26.3 Å². The van der Waals surface area contributed by atoms with Crippen LogP contribution in [0.5, 0.6) is 0 Å². The number of rotatable bonds is 1. The minimum absolute atomic E-state index is 0.118. The number of aliphatic hydroxyl groups excluding tert-OH is 2. The first kappa shape index (κ1) is 17.1. The second-order valence-corrected chi connectivity index (χ2v) is 4.87. The lowest BCUT2D eigenvalue weighted by molar-refractivity contribution is -0.308. The first-order chi connectivity index (χ1) is 7.32. The highest BCUT2D eigenvalue weighted by Crippen LogP contribution is 2.52. The zero-order valence-electron chi connectivity index (χ0n) is 7.99. The molecule has 1 aliphatic carbocycles. The zero-order valence-corrected chi connectivity index (χ0v) is 9.50. The number of alkyl halides is 8. The molecular formula is C7H8Cl2F6O2. The minimum Gasteiger partial charge on any atom is -0.396 e. The molecule has 1 rings (SSSR count). The largest absolute Gasteiger partial charge is 0.423 e. The summed E-state index contributed by atoms with van der Waals surface area (Å²) in [6.45, 7) is 0.118. The van der Waals surface area contributed by atoms with Crippen LogP contribution in [0.2, 0.25) is 0 Å². The highest BCUT2D eigenvalue weighted by atomic mass is 35.5. The third-order valence-corrected chi connectivity index (χ3v) is 2.72. The maximum atomic E-state index is 11.0. The van der Waals surface area contributed by atoms with Gasteiger partial charge in [-0.05, 0) is 6.42 Å². The molecule has 1 atom stereocenters. The van der Waals surface area contributed by atoms with Crippen LogP contribution in [0, 0.1) is 5.92 Å². The van der Waals surface area contributed by atoms with Crippen molar-refractivity contribution in [3.8, 4) is 0 Å². The van der Waals surface area contributed by atoms with Crippen LogP contribution in [0.15, 0.2) is 0 Å². The van der Waals surface area contributed by atoms with E-state index in [1.807, 2.05) is 0 Å². The SMILES string of the molecule is OC(C(F)(F)F)C(F)(F)F.OCC1CC1(Cl)Cl. The van der Waals surface area contributed by atoms with E-state index in [-0.39, 0.29) is 12.5 Å². The summed E-state index contributed by atoms with van der Waals surface area (Å²) >= 11 is 11.0. The number of aliphatic hydroxyl groups is 2.